The minimum absolute atomic E-state index is 0.159. The zero-order valence-electron chi connectivity index (χ0n) is 11.3. The number of hydrogen-bond acceptors (Lipinski definition) is 3. The summed E-state index contributed by atoms with van der Waals surface area (Å²) in [7, 11) is -2.07. The molecule has 1 aromatic carbocycles. The average Bonchev–Trinajstić information content (AvgIpc) is 2.87. The van der Waals surface area contributed by atoms with E-state index in [9.17, 15) is 8.42 Å². The lowest BCUT2D eigenvalue weighted by atomic mass is 10.2. The molecule has 0 spiro atoms. The van der Waals surface area contributed by atoms with Crippen molar-refractivity contribution in [3.63, 3.8) is 0 Å². The van der Waals surface area contributed by atoms with Crippen LogP contribution in [0.3, 0.4) is 0 Å². The summed E-state index contributed by atoms with van der Waals surface area (Å²) in [5, 5.41) is 3.99. The number of benzene rings is 1. The molecule has 0 saturated carbocycles. The Bertz CT molecular complexity index is 697. The molecule has 0 aliphatic rings. The van der Waals surface area contributed by atoms with E-state index in [0.717, 1.165) is 5.56 Å². The van der Waals surface area contributed by atoms with Crippen molar-refractivity contribution in [1.82, 2.24) is 9.78 Å². The van der Waals surface area contributed by atoms with Crippen LogP contribution in [0.25, 0.3) is 0 Å². The molecule has 7 heteroatoms. The van der Waals surface area contributed by atoms with Gasteiger partial charge in [0.1, 0.15) is 4.90 Å². The predicted molar refractivity (Wildman–Crippen MR) is 79.7 cm³/mol. The van der Waals surface area contributed by atoms with Crippen molar-refractivity contribution in [3.05, 3.63) is 42.2 Å². The summed E-state index contributed by atoms with van der Waals surface area (Å²) in [6.45, 7) is 2.40. The molecule has 0 radical (unpaired) electrons. The molecule has 0 unspecified atom stereocenters. The molecular weight excluding hydrogens is 298 g/mol. The highest BCUT2D eigenvalue weighted by molar-refractivity contribution is 7.92. The van der Waals surface area contributed by atoms with Crippen molar-refractivity contribution in [3.8, 4) is 0 Å². The highest BCUT2D eigenvalue weighted by Gasteiger charge is 2.23. The van der Waals surface area contributed by atoms with Crippen molar-refractivity contribution < 1.29 is 8.42 Å². The third kappa shape index (κ3) is 2.96. The second-order valence-corrected chi connectivity index (χ2v) is 6.79. The second-order valence-electron chi connectivity index (χ2n) is 4.44. The van der Waals surface area contributed by atoms with E-state index < -0.39 is 10.0 Å². The minimum Gasteiger partial charge on any atom is -0.270 e. The molecule has 2 aromatic rings. The van der Waals surface area contributed by atoms with Crippen LogP contribution in [0.4, 0.5) is 5.69 Å². The largest absolute Gasteiger partial charge is 0.270 e. The van der Waals surface area contributed by atoms with Gasteiger partial charge in [-0.2, -0.15) is 5.10 Å². The van der Waals surface area contributed by atoms with Crippen LogP contribution in [-0.2, 0) is 16.6 Å². The fraction of sp³-hybridized carbons (Fsp3) is 0.308. The number of aromatic nitrogens is 2. The van der Waals surface area contributed by atoms with Crippen LogP contribution in [0.15, 0.2) is 41.6 Å². The van der Waals surface area contributed by atoms with E-state index >= 15 is 0 Å². The van der Waals surface area contributed by atoms with Crippen molar-refractivity contribution in [2.24, 2.45) is 0 Å². The summed E-state index contributed by atoms with van der Waals surface area (Å²) >= 11 is 5.61. The standard InChI is InChI=1S/C13H16ClN3O2S/c1-11-4-3-5-12(8-11)16(2)20(18,19)13-9-15-17(10-13)7-6-14/h3-5,8-10H,6-7H2,1-2H3. The SMILES string of the molecule is Cc1cccc(N(C)S(=O)(=O)c2cnn(CCCl)c2)c1. The number of sulfonamides is 1. The summed E-state index contributed by atoms with van der Waals surface area (Å²) in [4.78, 5) is 0.159. The summed E-state index contributed by atoms with van der Waals surface area (Å²) in [5.41, 5.74) is 1.62. The Morgan fingerprint density at radius 2 is 2.15 bits per heavy atom. The van der Waals surface area contributed by atoms with Gasteiger partial charge in [-0.25, -0.2) is 8.42 Å². The van der Waals surface area contributed by atoms with E-state index in [1.165, 1.54) is 28.4 Å². The molecule has 0 fully saturated rings. The van der Waals surface area contributed by atoms with E-state index in [2.05, 4.69) is 5.10 Å². The molecule has 1 heterocycles. The first-order chi connectivity index (χ1) is 9.45. The third-order valence-electron chi connectivity index (χ3n) is 2.95. The Morgan fingerprint density at radius 1 is 1.40 bits per heavy atom. The van der Waals surface area contributed by atoms with E-state index in [0.29, 0.717) is 18.1 Å². The molecule has 0 bridgehead atoms. The third-order valence-corrected chi connectivity index (χ3v) is 4.85. The van der Waals surface area contributed by atoms with Gasteiger partial charge in [-0.15, -0.1) is 11.6 Å². The number of hydrogen-bond donors (Lipinski definition) is 0. The van der Waals surface area contributed by atoms with Gasteiger partial charge in [0.05, 0.1) is 18.4 Å². The molecule has 0 aliphatic heterocycles. The first kappa shape index (κ1) is 14.9. The number of aryl methyl sites for hydroxylation is 2. The highest BCUT2D eigenvalue weighted by Crippen LogP contribution is 2.22. The Balaban J connectivity index is 2.33. The fourth-order valence-electron chi connectivity index (χ4n) is 1.81. The zero-order chi connectivity index (χ0) is 14.8. The molecular formula is C13H16ClN3O2S. The number of rotatable bonds is 5. The number of halogens is 1. The number of nitrogens with zero attached hydrogens (tertiary/aromatic N) is 3. The van der Waals surface area contributed by atoms with Gasteiger partial charge in [-0.05, 0) is 24.6 Å². The van der Waals surface area contributed by atoms with Gasteiger partial charge in [0.2, 0.25) is 0 Å². The first-order valence-electron chi connectivity index (χ1n) is 6.09. The Kier molecular flexibility index (Phi) is 4.35. The van der Waals surface area contributed by atoms with Crippen LogP contribution < -0.4 is 4.31 Å². The Labute approximate surface area is 123 Å². The lowest BCUT2D eigenvalue weighted by molar-refractivity contribution is 0.594. The van der Waals surface area contributed by atoms with Crippen molar-refractivity contribution in [2.45, 2.75) is 18.4 Å². The number of alkyl halides is 1. The van der Waals surface area contributed by atoms with Gasteiger partial charge in [0.15, 0.2) is 0 Å². The minimum atomic E-state index is -3.60. The van der Waals surface area contributed by atoms with Crippen LogP contribution in [0, 0.1) is 6.92 Å². The van der Waals surface area contributed by atoms with Crippen LogP contribution >= 0.6 is 11.6 Å². The van der Waals surface area contributed by atoms with Crippen LogP contribution in [-0.4, -0.2) is 31.1 Å². The smallest absolute Gasteiger partial charge is 0.267 e. The Hall–Kier alpha value is -1.53. The monoisotopic (exact) mass is 313 g/mol. The van der Waals surface area contributed by atoms with Gasteiger partial charge >= 0.3 is 0 Å². The van der Waals surface area contributed by atoms with Gasteiger partial charge in [-0.1, -0.05) is 12.1 Å². The summed E-state index contributed by atoms with van der Waals surface area (Å²) < 4.78 is 27.8. The molecule has 0 aliphatic carbocycles. The first-order valence-corrected chi connectivity index (χ1v) is 8.06. The van der Waals surface area contributed by atoms with E-state index in [1.807, 2.05) is 25.1 Å². The number of anilines is 1. The fourth-order valence-corrected chi connectivity index (χ4v) is 3.12. The molecule has 0 N–H and O–H groups in total. The van der Waals surface area contributed by atoms with Crippen molar-refractivity contribution in [1.29, 1.82) is 0 Å². The van der Waals surface area contributed by atoms with Gasteiger partial charge < -0.3 is 0 Å². The van der Waals surface area contributed by atoms with Crippen LogP contribution in [0.1, 0.15) is 5.56 Å². The predicted octanol–water partition coefficient (Wildman–Crippen LogP) is 2.26. The molecule has 0 saturated heterocycles. The van der Waals surface area contributed by atoms with Crippen LogP contribution in [0.2, 0.25) is 0 Å². The van der Waals surface area contributed by atoms with E-state index in [1.54, 1.807) is 6.07 Å². The topological polar surface area (TPSA) is 55.2 Å². The van der Waals surface area contributed by atoms with Gasteiger partial charge in [0, 0.05) is 19.1 Å². The second kappa shape index (κ2) is 5.85. The average molecular weight is 314 g/mol. The normalized spacial score (nSPS) is 11.6. The zero-order valence-corrected chi connectivity index (χ0v) is 12.9. The van der Waals surface area contributed by atoms with E-state index in [-0.39, 0.29) is 4.90 Å². The molecule has 2 rings (SSSR count). The molecule has 0 atom stereocenters. The lowest BCUT2D eigenvalue weighted by Crippen LogP contribution is -2.26. The van der Waals surface area contributed by atoms with Crippen LogP contribution in [0.5, 0.6) is 0 Å². The van der Waals surface area contributed by atoms with E-state index in [4.69, 9.17) is 11.6 Å². The van der Waals surface area contributed by atoms with Gasteiger partial charge in [0.25, 0.3) is 10.0 Å². The summed E-state index contributed by atoms with van der Waals surface area (Å²) in [6.07, 6.45) is 2.83. The maximum absolute atomic E-state index is 12.5. The van der Waals surface area contributed by atoms with Gasteiger partial charge in [-0.3, -0.25) is 8.99 Å². The maximum atomic E-state index is 12.5. The van der Waals surface area contributed by atoms with Crippen molar-refractivity contribution >= 4 is 27.3 Å². The highest BCUT2D eigenvalue weighted by atomic mass is 35.5. The quantitative estimate of drug-likeness (QED) is 0.796. The molecule has 0 amide bonds. The summed E-state index contributed by atoms with van der Waals surface area (Å²) in [5.74, 6) is 0.384. The molecule has 20 heavy (non-hydrogen) atoms. The summed E-state index contributed by atoms with van der Waals surface area (Å²) in [6, 6.07) is 7.32. The maximum Gasteiger partial charge on any atom is 0.267 e. The molecule has 1 aromatic heterocycles. The lowest BCUT2D eigenvalue weighted by Gasteiger charge is -2.18. The Morgan fingerprint density at radius 3 is 2.80 bits per heavy atom. The molecule has 108 valence electrons. The molecule has 5 nitrogen and oxygen atoms in total. The van der Waals surface area contributed by atoms with Crippen molar-refractivity contribution in [2.75, 3.05) is 17.2 Å².